The molecule has 1 saturated carbocycles. The van der Waals surface area contributed by atoms with Crippen LogP contribution in [-0.4, -0.2) is 36.1 Å². The van der Waals surface area contributed by atoms with Gasteiger partial charge in [0, 0.05) is 18.1 Å². The third-order valence-electron chi connectivity index (χ3n) is 5.54. The lowest BCUT2D eigenvalue weighted by atomic mass is 9.82. The van der Waals surface area contributed by atoms with E-state index in [1.54, 1.807) is 0 Å². The number of nitrogens with zero attached hydrogens (tertiary/aromatic N) is 1. The third-order valence-corrected chi connectivity index (χ3v) is 5.54. The monoisotopic (exact) mass is 266 g/mol. The first-order valence-electron chi connectivity index (χ1n) is 8.66. The van der Waals surface area contributed by atoms with E-state index in [4.69, 9.17) is 0 Å². The van der Waals surface area contributed by atoms with E-state index in [-0.39, 0.29) is 0 Å². The fourth-order valence-corrected chi connectivity index (χ4v) is 4.01. The van der Waals surface area contributed by atoms with Crippen LogP contribution in [0.2, 0.25) is 0 Å². The minimum absolute atomic E-state index is 0.344. The zero-order valence-electron chi connectivity index (χ0n) is 13.4. The molecule has 112 valence electrons. The second-order valence-corrected chi connectivity index (χ2v) is 7.13. The number of hydrogen-bond donors (Lipinski definition) is 1. The number of nitrogens with one attached hydrogen (secondary N) is 1. The van der Waals surface area contributed by atoms with Crippen LogP contribution in [-0.2, 0) is 0 Å². The Morgan fingerprint density at radius 3 is 2.53 bits per heavy atom. The van der Waals surface area contributed by atoms with E-state index < -0.39 is 0 Å². The van der Waals surface area contributed by atoms with Crippen molar-refractivity contribution >= 4 is 0 Å². The highest BCUT2D eigenvalue weighted by atomic mass is 15.2. The number of rotatable bonds is 4. The van der Waals surface area contributed by atoms with E-state index in [1.807, 2.05) is 0 Å². The summed E-state index contributed by atoms with van der Waals surface area (Å²) in [6.07, 6.45) is 11.3. The molecule has 0 aromatic heterocycles. The average molecular weight is 266 g/mol. The van der Waals surface area contributed by atoms with Crippen LogP contribution >= 0.6 is 0 Å². The highest BCUT2D eigenvalue weighted by Gasteiger charge is 2.32. The van der Waals surface area contributed by atoms with Gasteiger partial charge in [-0.05, 0) is 64.5 Å². The Balaban J connectivity index is 1.87. The molecule has 19 heavy (non-hydrogen) atoms. The summed E-state index contributed by atoms with van der Waals surface area (Å²) < 4.78 is 0. The van der Waals surface area contributed by atoms with E-state index in [1.165, 1.54) is 71.0 Å². The van der Waals surface area contributed by atoms with Crippen molar-refractivity contribution in [2.45, 2.75) is 83.7 Å². The summed E-state index contributed by atoms with van der Waals surface area (Å²) in [5.41, 5.74) is 0.344. The fourth-order valence-electron chi connectivity index (χ4n) is 4.01. The molecule has 0 spiro atoms. The second-order valence-electron chi connectivity index (χ2n) is 7.13. The van der Waals surface area contributed by atoms with Gasteiger partial charge in [0.1, 0.15) is 0 Å². The maximum atomic E-state index is 3.76. The van der Waals surface area contributed by atoms with Crippen LogP contribution in [0.1, 0.15) is 72.1 Å². The molecule has 2 nitrogen and oxygen atoms in total. The summed E-state index contributed by atoms with van der Waals surface area (Å²) >= 11 is 0. The molecule has 0 aromatic carbocycles. The van der Waals surface area contributed by atoms with Crippen LogP contribution in [0.5, 0.6) is 0 Å². The Bertz CT molecular complexity index is 258. The van der Waals surface area contributed by atoms with Gasteiger partial charge in [0.05, 0.1) is 0 Å². The molecule has 2 aliphatic rings. The zero-order chi connectivity index (χ0) is 13.7. The van der Waals surface area contributed by atoms with Gasteiger partial charge in [0.25, 0.3) is 0 Å². The van der Waals surface area contributed by atoms with Crippen molar-refractivity contribution in [1.29, 1.82) is 0 Å². The van der Waals surface area contributed by atoms with Crippen molar-refractivity contribution in [2.75, 3.05) is 19.6 Å². The fraction of sp³-hybridized carbons (Fsp3) is 1.00. The Morgan fingerprint density at radius 2 is 1.89 bits per heavy atom. The van der Waals surface area contributed by atoms with Gasteiger partial charge >= 0.3 is 0 Å². The molecule has 1 aliphatic heterocycles. The summed E-state index contributed by atoms with van der Waals surface area (Å²) in [5.74, 6) is 1.03. The van der Waals surface area contributed by atoms with Crippen LogP contribution in [0, 0.1) is 5.92 Å². The van der Waals surface area contributed by atoms with Gasteiger partial charge in [0.2, 0.25) is 0 Å². The highest BCUT2D eigenvalue weighted by Crippen LogP contribution is 2.31. The van der Waals surface area contributed by atoms with Crippen LogP contribution < -0.4 is 5.32 Å². The van der Waals surface area contributed by atoms with Crippen LogP contribution in [0.4, 0.5) is 0 Å². The number of hydrogen-bond acceptors (Lipinski definition) is 2. The van der Waals surface area contributed by atoms with Gasteiger partial charge in [-0.1, -0.05) is 26.7 Å². The van der Waals surface area contributed by atoms with E-state index >= 15 is 0 Å². The molecule has 1 heterocycles. The minimum Gasteiger partial charge on any atom is -0.310 e. The van der Waals surface area contributed by atoms with Gasteiger partial charge < -0.3 is 5.32 Å². The Kier molecular flexibility index (Phi) is 5.70. The zero-order valence-corrected chi connectivity index (χ0v) is 13.4. The summed E-state index contributed by atoms with van der Waals surface area (Å²) in [5, 5.41) is 3.76. The second kappa shape index (κ2) is 7.08. The lowest BCUT2D eigenvalue weighted by Crippen LogP contribution is -2.51. The predicted octanol–water partition coefficient (Wildman–Crippen LogP) is 3.81. The molecule has 1 atom stereocenters. The molecule has 0 amide bonds. The SMILES string of the molecule is CCCC1CCC(N2CCCNC(C)(CC)C2)CC1. The van der Waals surface area contributed by atoms with Gasteiger partial charge in [0.15, 0.2) is 0 Å². The van der Waals surface area contributed by atoms with Gasteiger partial charge in [-0.2, -0.15) is 0 Å². The summed E-state index contributed by atoms with van der Waals surface area (Å²) in [7, 11) is 0. The molecule has 0 radical (unpaired) electrons. The van der Waals surface area contributed by atoms with Crippen LogP contribution in [0.3, 0.4) is 0 Å². The minimum atomic E-state index is 0.344. The summed E-state index contributed by atoms with van der Waals surface area (Å²) in [6.45, 7) is 10.8. The molecule has 1 unspecified atom stereocenters. The van der Waals surface area contributed by atoms with Crippen LogP contribution in [0.15, 0.2) is 0 Å². The van der Waals surface area contributed by atoms with Gasteiger partial charge in [-0.3, -0.25) is 4.90 Å². The molecule has 2 fully saturated rings. The molecular formula is C17H34N2. The molecule has 2 heteroatoms. The van der Waals surface area contributed by atoms with Gasteiger partial charge in [-0.25, -0.2) is 0 Å². The Hall–Kier alpha value is -0.0800. The smallest absolute Gasteiger partial charge is 0.0277 e. The largest absolute Gasteiger partial charge is 0.310 e. The standard InChI is InChI=1S/C17H34N2/c1-4-7-15-8-10-16(11-9-15)19-13-6-12-18-17(3,5-2)14-19/h15-16,18H,4-14H2,1-3H3. The first kappa shape index (κ1) is 15.3. The van der Waals surface area contributed by atoms with Gasteiger partial charge in [-0.15, -0.1) is 0 Å². The van der Waals surface area contributed by atoms with Crippen molar-refractivity contribution in [3.05, 3.63) is 0 Å². The molecule has 0 bridgehead atoms. The molecule has 1 N–H and O–H groups in total. The average Bonchev–Trinajstić information content (AvgIpc) is 2.63. The lowest BCUT2D eigenvalue weighted by Gasteiger charge is -2.40. The molecule has 1 saturated heterocycles. The van der Waals surface area contributed by atoms with Crippen molar-refractivity contribution < 1.29 is 0 Å². The molecule has 0 aromatic rings. The third kappa shape index (κ3) is 4.19. The van der Waals surface area contributed by atoms with Crippen molar-refractivity contribution in [1.82, 2.24) is 10.2 Å². The first-order chi connectivity index (χ1) is 9.17. The summed E-state index contributed by atoms with van der Waals surface area (Å²) in [4.78, 5) is 2.81. The molecular weight excluding hydrogens is 232 g/mol. The maximum Gasteiger partial charge on any atom is 0.0277 e. The normalized spacial score (nSPS) is 38.1. The molecule has 2 rings (SSSR count). The first-order valence-corrected chi connectivity index (χ1v) is 8.66. The van der Waals surface area contributed by atoms with E-state index in [2.05, 4.69) is 31.0 Å². The van der Waals surface area contributed by atoms with Crippen molar-refractivity contribution in [3.8, 4) is 0 Å². The van der Waals surface area contributed by atoms with Crippen LogP contribution in [0.25, 0.3) is 0 Å². The maximum absolute atomic E-state index is 3.76. The predicted molar refractivity (Wildman–Crippen MR) is 83.5 cm³/mol. The van der Waals surface area contributed by atoms with Crippen molar-refractivity contribution in [2.24, 2.45) is 5.92 Å². The van der Waals surface area contributed by atoms with E-state index in [0.717, 1.165) is 12.0 Å². The highest BCUT2D eigenvalue weighted by molar-refractivity contribution is 4.91. The summed E-state index contributed by atoms with van der Waals surface area (Å²) in [6, 6.07) is 0.874. The van der Waals surface area contributed by atoms with E-state index in [9.17, 15) is 0 Å². The Labute approximate surface area is 120 Å². The van der Waals surface area contributed by atoms with E-state index in [0.29, 0.717) is 5.54 Å². The molecule has 1 aliphatic carbocycles. The topological polar surface area (TPSA) is 15.3 Å². The van der Waals surface area contributed by atoms with Crippen molar-refractivity contribution in [3.63, 3.8) is 0 Å². The lowest BCUT2D eigenvalue weighted by molar-refractivity contribution is 0.112. The quantitative estimate of drug-likeness (QED) is 0.832. The Morgan fingerprint density at radius 1 is 1.16 bits per heavy atom.